The molecule has 1 atom stereocenters. The highest BCUT2D eigenvalue weighted by molar-refractivity contribution is 7.22. The molecule has 1 saturated heterocycles. The summed E-state index contributed by atoms with van der Waals surface area (Å²) in [6.45, 7) is 8.11. The lowest BCUT2D eigenvalue weighted by Gasteiger charge is -2.31. The average molecular weight is 497 g/mol. The highest BCUT2D eigenvalue weighted by Crippen LogP contribution is 2.29. The number of amides is 2. The molecule has 0 unspecified atom stereocenters. The van der Waals surface area contributed by atoms with Gasteiger partial charge in [0, 0.05) is 25.3 Å². The molecule has 186 valence electrons. The van der Waals surface area contributed by atoms with Crippen molar-refractivity contribution in [2.24, 2.45) is 5.92 Å². The molecule has 1 aromatic carbocycles. The van der Waals surface area contributed by atoms with Crippen LogP contribution in [-0.4, -0.2) is 46.0 Å². The van der Waals surface area contributed by atoms with Gasteiger partial charge < -0.3 is 15.5 Å². The molecule has 0 saturated carbocycles. The summed E-state index contributed by atoms with van der Waals surface area (Å²) in [6.07, 6.45) is 4.00. The van der Waals surface area contributed by atoms with E-state index in [-0.39, 0.29) is 29.8 Å². The van der Waals surface area contributed by atoms with Crippen LogP contribution in [0.1, 0.15) is 51.5 Å². The number of thiazole rings is 1. The number of hydrogen-bond donors (Lipinski definition) is 2. The fourth-order valence-corrected chi connectivity index (χ4v) is 5.18. The molecule has 0 aliphatic carbocycles. The third-order valence-electron chi connectivity index (χ3n) is 6.14. The largest absolute Gasteiger partial charge is 0.356 e. The molecule has 4 rings (SSSR count). The summed E-state index contributed by atoms with van der Waals surface area (Å²) in [5.74, 6) is 0.0336. The molecular formula is C25H32N6O3S. The Morgan fingerprint density at radius 3 is 2.89 bits per heavy atom. The van der Waals surface area contributed by atoms with Gasteiger partial charge in [0.25, 0.3) is 5.56 Å². The number of piperidine rings is 1. The first-order valence-electron chi connectivity index (χ1n) is 12.1. The molecule has 1 aliphatic rings. The van der Waals surface area contributed by atoms with Crippen LogP contribution in [0.2, 0.25) is 0 Å². The molecule has 2 aromatic heterocycles. The summed E-state index contributed by atoms with van der Waals surface area (Å²) in [5.41, 5.74) is 1.90. The predicted molar refractivity (Wildman–Crippen MR) is 139 cm³/mol. The summed E-state index contributed by atoms with van der Waals surface area (Å²) in [4.78, 5) is 49.1. The molecule has 0 bridgehead atoms. The Bertz CT molecular complexity index is 1270. The molecule has 1 aliphatic heterocycles. The molecule has 9 nitrogen and oxygen atoms in total. The zero-order valence-electron chi connectivity index (χ0n) is 20.4. The van der Waals surface area contributed by atoms with E-state index in [0.29, 0.717) is 40.2 Å². The summed E-state index contributed by atoms with van der Waals surface area (Å²) in [6, 6.07) is 7.70. The van der Waals surface area contributed by atoms with E-state index >= 15 is 0 Å². The second-order valence-electron chi connectivity index (χ2n) is 9.23. The van der Waals surface area contributed by atoms with Gasteiger partial charge in [-0.1, -0.05) is 44.2 Å². The minimum absolute atomic E-state index is 0.0723. The lowest BCUT2D eigenvalue weighted by atomic mass is 9.97. The van der Waals surface area contributed by atoms with Gasteiger partial charge in [-0.25, -0.2) is 4.98 Å². The number of anilines is 2. The van der Waals surface area contributed by atoms with Crippen molar-refractivity contribution in [3.05, 3.63) is 46.5 Å². The molecule has 3 heterocycles. The monoisotopic (exact) mass is 496 g/mol. The van der Waals surface area contributed by atoms with Gasteiger partial charge in [0.05, 0.1) is 5.92 Å². The van der Waals surface area contributed by atoms with Crippen molar-refractivity contribution in [1.82, 2.24) is 19.9 Å². The van der Waals surface area contributed by atoms with Crippen molar-refractivity contribution in [3.8, 4) is 0 Å². The molecule has 0 spiro atoms. The van der Waals surface area contributed by atoms with Gasteiger partial charge in [0.15, 0.2) is 10.8 Å². The molecule has 3 aromatic rings. The van der Waals surface area contributed by atoms with Crippen molar-refractivity contribution in [2.75, 3.05) is 29.9 Å². The van der Waals surface area contributed by atoms with Crippen molar-refractivity contribution in [1.29, 1.82) is 0 Å². The van der Waals surface area contributed by atoms with E-state index in [9.17, 15) is 14.4 Å². The van der Waals surface area contributed by atoms with Crippen LogP contribution < -0.4 is 21.1 Å². The van der Waals surface area contributed by atoms with Gasteiger partial charge >= 0.3 is 0 Å². The highest BCUT2D eigenvalue weighted by atomic mass is 32.1. The second kappa shape index (κ2) is 11.0. The number of nitrogens with zero attached hydrogens (tertiary/aromatic N) is 4. The van der Waals surface area contributed by atoms with Crippen LogP contribution in [0.5, 0.6) is 0 Å². The van der Waals surface area contributed by atoms with E-state index in [1.807, 2.05) is 31.2 Å². The molecule has 1 fully saturated rings. The summed E-state index contributed by atoms with van der Waals surface area (Å²) in [7, 11) is 0. The minimum atomic E-state index is -0.296. The number of fused-ring (bicyclic) bond motifs is 1. The Morgan fingerprint density at radius 2 is 2.11 bits per heavy atom. The van der Waals surface area contributed by atoms with Crippen LogP contribution in [0.25, 0.3) is 10.3 Å². The van der Waals surface area contributed by atoms with Gasteiger partial charge in [-0.15, -0.1) is 0 Å². The third-order valence-corrected chi connectivity index (χ3v) is 7.23. The first-order valence-corrected chi connectivity index (χ1v) is 13.0. The number of rotatable bonds is 8. The van der Waals surface area contributed by atoms with Crippen LogP contribution in [0.4, 0.5) is 10.8 Å². The summed E-state index contributed by atoms with van der Waals surface area (Å²) in [5, 5.41) is 6.52. The predicted octanol–water partition coefficient (Wildman–Crippen LogP) is 3.36. The lowest BCUT2D eigenvalue weighted by molar-refractivity contribution is -0.125. The van der Waals surface area contributed by atoms with Crippen LogP contribution in [0.3, 0.4) is 0 Å². The van der Waals surface area contributed by atoms with E-state index in [4.69, 9.17) is 0 Å². The van der Waals surface area contributed by atoms with Crippen LogP contribution in [-0.2, 0) is 16.1 Å². The maximum atomic E-state index is 13.1. The van der Waals surface area contributed by atoms with E-state index in [1.54, 1.807) is 0 Å². The van der Waals surface area contributed by atoms with E-state index in [0.717, 1.165) is 31.4 Å². The quantitative estimate of drug-likeness (QED) is 0.495. The number of carbonyl (C=O) groups is 2. The fraction of sp³-hybridized carbons (Fsp3) is 0.480. The topological polar surface area (TPSA) is 109 Å². The van der Waals surface area contributed by atoms with Gasteiger partial charge in [-0.3, -0.25) is 19.0 Å². The third kappa shape index (κ3) is 5.87. The molecule has 2 N–H and O–H groups in total. The second-order valence-corrected chi connectivity index (χ2v) is 10.2. The number of nitrogens with one attached hydrogen (secondary N) is 2. The summed E-state index contributed by atoms with van der Waals surface area (Å²) >= 11 is 1.27. The first kappa shape index (κ1) is 24.8. The number of carbonyl (C=O) groups excluding carboxylic acids is 2. The van der Waals surface area contributed by atoms with E-state index in [2.05, 4.69) is 39.3 Å². The zero-order valence-corrected chi connectivity index (χ0v) is 21.2. The molecule has 35 heavy (non-hydrogen) atoms. The van der Waals surface area contributed by atoms with Crippen LogP contribution in [0, 0.1) is 5.92 Å². The van der Waals surface area contributed by atoms with E-state index in [1.165, 1.54) is 22.2 Å². The Morgan fingerprint density at radius 1 is 1.29 bits per heavy atom. The van der Waals surface area contributed by atoms with Crippen molar-refractivity contribution < 1.29 is 9.59 Å². The maximum absolute atomic E-state index is 13.1. The number of hydrogen-bond acceptors (Lipinski definition) is 7. The first-order chi connectivity index (χ1) is 16.9. The van der Waals surface area contributed by atoms with Crippen LogP contribution >= 0.6 is 11.3 Å². The number of benzene rings is 1. The average Bonchev–Trinajstić information content (AvgIpc) is 3.30. The smallest absolute Gasteiger partial charge is 0.273 e. The SMILES string of the molecule is CCCNC(=O)[C@H]1CCCN(c2nc3ncn(CC(=O)Nc4cccc(C(C)C)c4)c(=O)c3s2)C1. The van der Waals surface area contributed by atoms with Gasteiger partial charge in [0.2, 0.25) is 11.8 Å². The maximum Gasteiger partial charge on any atom is 0.273 e. The van der Waals surface area contributed by atoms with E-state index < -0.39 is 0 Å². The molecule has 10 heteroatoms. The Hall–Kier alpha value is -3.27. The van der Waals surface area contributed by atoms with Gasteiger partial charge in [-0.05, 0) is 42.9 Å². The van der Waals surface area contributed by atoms with Crippen molar-refractivity contribution in [2.45, 2.75) is 52.5 Å². The van der Waals surface area contributed by atoms with Crippen molar-refractivity contribution in [3.63, 3.8) is 0 Å². The summed E-state index contributed by atoms with van der Waals surface area (Å²) < 4.78 is 1.72. The Balaban J connectivity index is 1.47. The fourth-order valence-electron chi connectivity index (χ4n) is 4.17. The van der Waals surface area contributed by atoms with Crippen LogP contribution in [0.15, 0.2) is 35.4 Å². The molecular weight excluding hydrogens is 464 g/mol. The molecule has 2 amide bonds. The highest BCUT2D eigenvalue weighted by Gasteiger charge is 2.27. The van der Waals surface area contributed by atoms with Gasteiger partial charge in [-0.2, -0.15) is 4.98 Å². The zero-order chi connectivity index (χ0) is 24.9. The normalized spacial score (nSPS) is 16.0. The van der Waals surface area contributed by atoms with Crippen molar-refractivity contribution >= 4 is 44.3 Å². The Labute approximate surface area is 208 Å². The number of aromatic nitrogens is 3. The minimum Gasteiger partial charge on any atom is -0.356 e. The molecule has 0 radical (unpaired) electrons. The van der Waals surface area contributed by atoms with Gasteiger partial charge in [0.1, 0.15) is 17.6 Å². The lowest BCUT2D eigenvalue weighted by Crippen LogP contribution is -2.43. The Kier molecular flexibility index (Phi) is 7.80. The standard InChI is InChI=1S/C25H32N6O3S/c1-4-10-26-23(33)18-8-6-11-30(13-18)25-29-22-21(35-25)24(34)31(15-27-22)14-20(32)28-19-9-5-7-17(12-19)16(2)3/h5,7,9,12,15-16,18H,4,6,8,10-11,13-14H2,1-3H3,(H,26,33)(H,28,32)/t18-/m0/s1.